The summed E-state index contributed by atoms with van der Waals surface area (Å²) < 4.78 is 0. The quantitative estimate of drug-likeness (QED) is 0.0812. The van der Waals surface area contributed by atoms with Crippen molar-refractivity contribution in [3.8, 4) is 0 Å². The van der Waals surface area contributed by atoms with E-state index in [1.165, 1.54) is 159 Å². The molecule has 0 aromatic heterocycles. The fourth-order valence-electron chi connectivity index (χ4n) is 6.84. The second kappa shape index (κ2) is 21.1. The fraction of sp³-hybridized carbons (Fsp3) is 0.795. The molecule has 0 radical (unpaired) electrons. The first-order valence-electron chi connectivity index (χ1n) is 17.9. The number of rotatable bonds is 25. The third kappa shape index (κ3) is 14.5. The maximum absolute atomic E-state index is 2.54. The zero-order valence-electron chi connectivity index (χ0n) is 28.1. The maximum atomic E-state index is 2.54. The Morgan fingerprint density at radius 3 is 1.70 bits per heavy atom. The Bertz CT molecular complexity index is 810. The monoisotopic (exact) mass is 569 g/mol. The van der Waals surface area contributed by atoms with Crippen molar-refractivity contribution in [2.45, 2.75) is 189 Å². The van der Waals surface area contributed by atoms with Crippen LogP contribution in [-0.4, -0.2) is 6.16 Å². The number of benzene rings is 1. The molecule has 0 bridgehead atoms. The van der Waals surface area contributed by atoms with E-state index in [1.54, 1.807) is 5.56 Å². The first-order valence-corrected chi connectivity index (χ1v) is 19.1. The van der Waals surface area contributed by atoms with Gasteiger partial charge >= 0.3 is 0 Å². The molecule has 0 N–H and O–H groups in total. The zero-order chi connectivity index (χ0) is 29.1. The van der Waals surface area contributed by atoms with Gasteiger partial charge in [-0.15, -0.1) is 0 Å². The number of hydrogen-bond acceptors (Lipinski definition) is 0. The molecule has 40 heavy (non-hydrogen) atoms. The van der Waals surface area contributed by atoms with E-state index in [4.69, 9.17) is 0 Å². The Balaban J connectivity index is 1.51. The molecule has 0 saturated heterocycles. The minimum Gasteiger partial charge on any atom is -0.0949 e. The molecule has 1 aromatic carbocycles. The molecule has 1 aliphatic carbocycles. The van der Waals surface area contributed by atoms with Crippen LogP contribution in [0.25, 0.3) is 0 Å². The SMILES string of the molecule is CCCCCCCCCCCCCCCCCCCC(PCCC(C)(C)C(CC)c1cccc(C)c1C)=C1CC1. The van der Waals surface area contributed by atoms with Gasteiger partial charge in [0, 0.05) is 0 Å². The maximum Gasteiger partial charge on any atom is -0.0110 e. The van der Waals surface area contributed by atoms with E-state index in [-0.39, 0.29) is 0 Å². The van der Waals surface area contributed by atoms with Crippen LogP contribution in [-0.2, 0) is 0 Å². The van der Waals surface area contributed by atoms with Gasteiger partial charge in [-0.3, -0.25) is 0 Å². The van der Waals surface area contributed by atoms with Crippen molar-refractivity contribution in [3.63, 3.8) is 0 Å². The standard InChI is InChI=1S/C39H69P/c1-7-9-10-11-12-13-14-15-16-17-18-19-20-21-22-23-24-28-38(35-29-30-35)40-32-31-39(5,6)37(8-2)36-27-25-26-33(3)34(36)4/h25-27,37,40H,7-24,28-32H2,1-6H3. The third-order valence-electron chi connectivity index (χ3n) is 9.94. The van der Waals surface area contributed by atoms with E-state index in [9.17, 15) is 0 Å². The molecule has 0 heterocycles. The molecular weight excluding hydrogens is 499 g/mol. The van der Waals surface area contributed by atoms with Gasteiger partial charge in [-0.05, 0) is 91.9 Å². The largest absolute Gasteiger partial charge is 0.0949 e. The van der Waals surface area contributed by atoms with Crippen LogP contribution in [0.3, 0.4) is 0 Å². The average molecular weight is 569 g/mol. The highest BCUT2D eigenvalue weighted by molar-refractivity contribution is 7.43. The molecule has 2 rings (SSSR count). The van der Waals surface area contributed by atoms with E-state index < -0.39 is 0 Å². The topological polar surface area (TPSA) is 0 Å². The molecule has 0 amide bonds. The highest BCUT2D eigenvalue weighted by atomic mass is 31.1. The summed E-state index contributed by atoms with van der Waals surface area (Å²) in [6.45, 7) is 14.4. The Labute approximate surface area is 254 Å². The van der Waals surface area contributed by atoms with Crippen molar-refractivity contribution in [1.29, 1.82) is 0 Å². The number of allylic oxidation sites excluding steroid dienone is 2. The molecule has 2 atom stereocenters. The molecule has 0 nitrogen and oxygen atoms in total. The smallest absolute Gasteiger partial charge is 0.0110 e. The van der Waals surface area contributed by atoms with E-state index in [0.717, 1.165) is 8.58 Å². The average Bonchev–Trinajstić information content (AvgIpc) is 3.77. The molecule has 0 aliphatic heterocycles. The summed E-state index contributed by atoms with van der Waals surface area (Å²) in [5.74, 6) is 0.666. The number of aryl methyl sites for hydroxylation is 1. The molecule has 1 heteroatoms. The van der Waals surface area contributed by atoms with Crippen LogP contribution in [0.2, 0.25) is 0 Å². The zero-order valence-corrected chi connectivity index (χ0v) is 29.1. The minimum absolute atomic E-state index is 0.369. The van der Waals surface area contributed by atoms with E-state index in [1.807, 2.05) is 10.9 Å². The Kier molecular flexibility index (Phi) is 18.8. The van der Waals surface area contributed by atoms with Gasteiger partial charge in [-0.2, -0.15) is 0 Å². The van der Waals surface area contributed by atoms with Gasteiger partial charge in [-0.25, -0.2) is 0 Å². The molecule has 0 spiro atoms. The highest BCUT2D eigenvalue weighted by Gasteiger charge is 2.30. The van der Waals surface area contributed by atoms with Gasteiger partial charge in [-0.1, -0.05) is 163 Å². The van der Waals surface area contributed by atoms with E-state index in [2.05, 4.69) is 59.7 Å². The van der Waals surface area contributed by atoms with Crippen LogP contribution in [0.1, 0.15) is 192 Å². The van der Waals surface area contributed by atoms with Gasteiger partial charge in [0.25, 0.3) is 0 Å². The molecular formula is C39H69P. The lowest BCUT2D eigenvalue weighted by molar-refractivity contribution is 0.268. The van der Waals surface area contributed by atoms with Crippen LogP contribution >= 0.6 is 8.58 Å². The summed E-state index contributed by atoms with van der Waals surface area (Å²) in [6.07, 6.45) is 33.1. The van der Waals surface area contributed by atoms with Crippen LogP contribution in [0, 0.1) is 19.3 Å². The summed E-state index contributed by atoms with van der Waals surface area (Å²) >= 11 is 0. The summed E-state index contributed by atoms with van der Waals surface area (Å²) in [5, 5.41) is 1.89. The van der Waals surface area contributed by atoms with Gasteiger partial charge in [0.1, 0.15) is 0 Å². The second-order valence-electron chi connectivity index (χ2n) is 13.9. The van der Waals surface area contributed by atoms with Crippen LogP contribution in [0.15, 0.2) is 29.1 Å². The Morgan fingerprint density at radius 2 is 1.23 bits per heavy atom. The normalized spacial score (nSPS) is 14.4. The van der Waals surface area contributed by atoms with E-state index >= 15 is 0 Å². The third-order valence-corrected chi connectivity index (χ3v) is 11.5. The van der Waals surface area contributed by atoms with Crippen LogP contribution < -0.4 is 0 Å². The van der Waals surface area contributed by atoms with Crippen molar-refractivity contribution >= 4 is 8.58 Å². The Hall–Kier alpha value is -0.610. The first-order chi connectivity index (χ1) is 19.4. The summed E-state index contributed by atoms with van der Waals surface area (Å²) in [5.41, 5.74) is 6.77. The summed E-state index contributed by atoms with van der Waals surface area (Å²) in [4.78, 5) is 0. The fourth-order valence-corrected chi connectivity index (χ4v) is 8.76. The Morgan fingerprint density at radius 1 is 0.725 bits per heavy atom. The van der Waals surface area contributed by atoms with Gasteiger partial charge in [0.2, 0.25) is 0 Å². The second-order valence-corrected chi connectivity index (χ2v) is 15.4. The molecule has 1 saturated carbocycles. The predicted octanol–water partition coefficient (Wildman–Crippen LogP) is 14.0. The molecule has 1 fully saturated rings. The van der Waals surface area contributed by atoms with Crippen molar-refractivity contribution in [3.05, 3.63) is 45.8 Å². The summed E-state index contributed by atoms with van der Waals surface area (Å²) in [7, 11) is 1.08. The van der Waals surface area contributed by atoms with E-state index in [0.29, 0.717) is 11.3 Å². The lowest BCUT2D eigenvalue weighted by Gasteiger charge is -2.36. The van der Waals surface area contributed by atoms with Crippen LogP contribution in [0.5, 0.6) is 0 Å². The van der Waals surface area contributed by atoms with Crippen molar-refractivity contribution < 1.29 is 0 Å². The number of hydrogen-bond donors (Lipinski definition) is 0. The highest BCUT2D eigenvalue weighted by Crippen LogP contribution is 2.47. The number of unbranched alkanes of at least 4 members (excludes halogenated alkanes) is 16. The van der Waals surface area contributed by atoms with Gasteiger partial charge in [0.05, 0.1) is 0 Å². The van der Waals surface area contributed by atoms with Crippen molar-refractivity contribution in [1.82, 2.24) is 0 Å². The molecule has 2 unspecified atom stereocenters. The lowest BCUT2D eigenvalue weighted by atomic mass is 9.70. The van der Waals surface area contributed by atoms with Gasteiger partial charge in [0.15, 0.2) is 0 Å². The predicted molar refractivity (Wildman–Crippen MR) is 186 cm³/mol. The first kappa shape index (κ1) is 35.6. The summed E-state index contributed by atoms with van der Waals surface area (Å²) in [6, 6.07) is 6.94. The molecule has 1 aromatic rings. The minimum atomic E-state index is 0.369. The van der Waals surface area contributed by atoms with Crippen molar-refractivity contribution in [2.24, 2.45) is 5.41 Å². The van der Waals surface area contributed by atoms with Gasteiger partial charge < -0.3 is 0 Å². The van der Waals surface area contributed by atoms with Crippen molar-refractivity contribution in [2.75, 3.05) is 6.16 Å². The van der Waals surface area contributed by atoms with Crippen LogP contribution in [0.4, 0.5) is 0 Å². The molecule has 230 valence electrons. The molecule has 1 aliphatic rings. The lowest BCUT2D eigenvalue weighted by Crippen LogP contribution is -2.23.